The molecule has 0 atom stereocenters. The van der Waals surface area contributed by atoms with Gasteiger partial charge in [0.15, 0.2) is 0 Å². The average Bonchev–Trinajstić information content (AvgIpc) is 3.28. The molecule has 4 rings (SSSR count). The van der Waals surface area contributed by atoms with Crippen LogP contribution < -0.4 is 0 Å². The van der Waals surface area contributed by atoms with Crippen LogP contribution in [0.3, 0.4) is 0 Å². The third-order valence-corrected chi connectivity index (χ3v) is 7.07. The van der Waals surface area contributed by atoms with Gasteiger partial charge in [0.25, 0.3) is 0 Å². The molecule has 0 amide bonds. The molecule has 0 radical (unpaired) electrons. The molecule has 0 unspecified atom stereocenters. The number of aldehydes is 1. The highest BCUT2D eigenvalue weighted by atomic mass is 32.2. The number of benzene rings is 3. The first-order valence-corrected chi connectivity index (χ1v) is 13.2. The van der Waals surface area contributed by atoms with E-state index in [1.54, 1.807) is 11.8 Å². The van der Waals surface area contributed by atoms with Crippen LogP contribution >= 0.6 is 11.8 Å². The second kappa shape index (κ2) is 9.50. The van der Waals surface area contributed by atoms with E-state index in [0.717, 1.165) is 34.5 Å². The third kappa shape index (κ3) is 5.43. The van der Waals surface area contributed by atoms with Crippen LogP contribution in [-0.2, 0) is 10.8 Å². The Morgan fingerprint density at radius 2 is 1.31 bits per heavy atom. The summed E-state index contributed by atoms with van der Waals surface area (Å²) in [5, 5.41) is 5.04. The molecule has 0 aliphatic rings. The van der Waals surface area contributed by atoms with E-state index in [4.69, 9.17) is 5.10 Å². The minimum atomic E-state index is 0.0222. The van der Waals surface area contributed by atoms with Crippen molar-refractivity contribution < 1.29 is 4.79 Å². The topological polar surface area (TPSA) is 34.9 Å². The lowest BCUT2D eigenvalue weighted by atomic mass is 9.79. The minimum Gasteiger partial charge on any atom is -0.298 e. The Labute approximate surface area is 213 Å². The van der Waals surface area contributed by atoms with Gasteiger partial charge in [-0.05, 0) is 70.7 Å². The highest BCUT2D eigenvalue weighted by molar-refractivity contribution is 7.98. The number of aromatic nitrogens is 2. The predicted molar refractivity (Wildman–Crippen MR) is 149 cm³/mol. The first-order valence-electron chi connectivity index (χ1n) is 12.0. The van der Waals surface area contributed by atoms with Crippen molar-refractivity contribution in [2.24, 2.45) is 0 Å². The second-order valence-corrected chi connectivity index (χ2v) is 11.9. The first kappa shape index (κ1) is 25.0. The Kier molecular flexibility index (Phi) is 6.79. The Balaban J connectivity index is 1.96. The van der Waals surface area contributed by atoms with Crippen molar-refractivity contribution in [2.45, 2.75) is 57.3 Å². The zero-order chi connectivity index (χ0) is 25.4. The lowest BCUT2D eigenvalue weighted by Gasteiger charge is -2.26. The van der Waals surface area contributed by atoms with Crippen molar-refractivity contribution in [2.75, 3.05) is 6.26 Å². The van der Waals surface area contributed by atoms with Gasteiger partial charge in [0.2, 0.25) is 0 Å². The molecule has 0 spiro atoms. The van der Waals surface area contributed by atoms with Crippen LogP contribution in [0, 0.1) is 0 Å². The van der Waals surface area contributed by atoms with E-state index in [9.17, 15) is 4.79 Å². The summed E-state index contributed by atoms with van der Waals surface area (Å²) < 4.78 is 2.04. The SMILES string of the molecule is CSc1ccc(-n2nc(-c3ccc(C=O)cc3)cc2-c2cc(C(C)(C)C)cc(C(C)(C)C)c2)cc1. The van der Waals surface area contributed by atoms with Gasteiger partial charge in [0, 0.05) is 21.6 Å². The Hall–Kier alpha value is -3.11. The van der Waals surface area contributed by atoms with Crippen LogP contribution in [0.4, 0.5) is 0 Å². The van der Waals surface area contributed by atoms with Crippen molar-refractivity contribution >= 4 is 18.0 Å². The van der Waals surface area contributed by atoms with Gasteiger partial charge in [-0.2, -0.15) is 5.10 Å². The highest BCUT2D eigenvalue weighted by Crippen LogP contribution is 2.36. The fourth-order valence-electron chi connectivity index (χ4n) is 4.02. The quantitative estimate of drug-likeness (QED) is 0.212. The monoisotopic (exact) mass is 482 g/mol. The zero-order valence-electron chi connectivity index (χ0n) is 21.7. The van der Waals surface area contributed by atoms with Gasteiger partial charge in [-0.1, -0.05) is 71.9 Å². The first-order chi connectivity index (χ1) is 16.5. The van der Waals surface area contributed by atoms with Crippen LogP contribution in [0.25, 0.3) is 28.2 Å². The lowest BCUT2D eigenvalue weighted by Crippen LogP contribution is -2.16. The zero-order valence-corrected chi connectivity index (χ0v) is 22.5. The van der Waals surface area contributed by atoms with E-state index in [1.165, 1.54) is 16.0 Å². The molecule has 3 nitrogen and oxygen atoms in total. The highest BCUT2D eigenvalue weighted by Gasteiger charge is 2.23. The second-order valence-electron chi connectivity index (χ2n) is 11.1. The number of carbonyl (C=O) groups excluding carboxylic acids is 1. The van der Waals surface area contributed by atoms with Crippen LogP contribution in [0.1, 0.15) is 63.0 Å². The largest absolute Gasteiger partial charge is 0.298 e. The number of hydrogen-bond donors (Lipinski definition) is 0. The van der Waals surface area contributed by atoms with Crippen molar-refractivity contribution in [3.8, 4) is 28.2 Å². The molecule has 0 aliphatic carbocycles. The van der Waals surface area contributed by atoms with Crippen LogP contribution in [0.5, 0.6) is 0 Å². The summed E-state index contributed by atoms with van der Waals surface area (Å²) in [5.41, 5.74) is 8.41. The maximum atomic E-state index is 11.1. The number of rotatable bonds is 5. The molecule has 0 saturated heterocycles. The fourth-order valence-corrected chi connectivity index (χ4v) is 4.43. The van der Waals surface area contributed by atoms with E-state index in [-0.39, 0.29) is 10.8 Å². The molecular formula is C31H34N2OS. The summed E-state index contributed by atoms with van der Waals surface area (Å²) in [6.07, 6.45) is 2.95. The third-order valence-electron chi connectivity index (χ3n) is 6.33. The maximum absolute atomic E-state index is 11.1. The number of nitrogens with zero attached hydrogens (tertiary/aromatic N) is 2. The van der Waals surface area contributed by atoms with E-state index in [1.807, 2.05) is 28.9 Å². The van der Waals surface area contributed by atoms with E-state index < -0.39 is 0 Å². The van der Waals surface area contributed by atoms with Crippen LogP contribution in [0.15, 0.2) is 77.7 Å². The summed E-state index contributed by atoms with van der Waals surface area (Å²) >= 11 is 1.73. The summed E-state index contributed by atoms with van der Waals surface area (Å²) in [7, 11) is 0. The molecule has 4 heteroatoms. The Morgan fingerprint density at radius 1 is 0.743 bits per heavy atom. The van der Waals surface area contributed by atoms with E-state index >= 15 is 0 Å². The molecule has 0 fully saturated rings. The van der Waals surface area contributed by atoms with Gasteiger partial charge in [-0.25, -0.2) is 4.68 Å². The van der Waals surface area contributed by atoms with Crippen molar-refractivity contribution in [3.63, 3.8) is 0 Å². The number of hydrogen-bond acceptors (Lipinski definition) is 3. The standard InChI is InChI=1S/C31H34N2OS/c1-30(2,3)24-16-23(17-25(18-24)31(4,5)6)29-19-28(22-10-8-21(20-34)9-11-22)32-33(29)26-12-14-27(35-7)15-13-26/h8-20H,1-7H3. The molecule has 180 valence electrons. The summed E-state index contributed by atoms with van der Waals surface area (Å²) in [6.45, 7) is 13.6. The van der Waals surface area contributed by atoms with Crippen LogP contribution in [0.2, 0.25) is 0 Å². The molecule has 0 N–H and O–H groups in total. The van der Waals surface area contributed by atoms with E-state index in [0.29, 0.717) is 5.56 Å². The molecule has 35 heavy (non-hydrogen) atoms. The summed E-state index contributed by atoms with van der Waals surface area (Å²) in [5.74, 6) is 0. The molecule has 0 aliphatic heterocycles. The Bertz CT molecular complexity index is 1300. The Morgan fingerprint density at radius 3 is 1.80 bits per heavy atom. The minimum absolute atomic E-state index is 0.0222. The molecule has 4 aromatic rings. The van der Waals surface area contributed by atoms with Gasteiger partial charge in [0.05, 0.1) is 17.1 Å². The van der Waals surface area contributed by atoms with Crippen LogP contribution in [-0.4, -0.2) is 22.3 Å². The molecular weight excluding hydrogens is 448 g/mol. The van der Waals surface area contributed by atoms with Gasteiger partial charge < -0.3 is 0 Å². The molecule has 3 aromatic carbocycles. The smallest absolute Gasteiger partial charge is 0.150 e. The fraction of sp³-hybridized carbons (Fsp3) is 0.290. The normalized spacial score (nSPS) is 12.1. The summed E-state index contributed by atoms with van der Waals surface area (Å²) in [6, 6.07) is 25.2. The van der Waals surface area contributed by atoms with Crippen molar-refractivity contribution in [1.82, 2.24) is 9.78 Å². The van der Waals surface area contributed by atoms with Crippen molar-refractivity contribution in [1.29, 1.82) is 0 Å². The average molecular weight is 483 g/mol. The molecule has 0 saturated carbocycles. The molecule has 0 bridgehead atoms. The number of carbonyl (C=O) groups is 1. The molecule has 1 aromatic heterocycles. The maximum Gasteiger partial charge on any atom is 0.150 e. The summed E-state index contributed by atoms with van der Waals surface area (Å²) in [4.78, 5) is 12.4. The predicted octanol–water partition coefficient (Wildman–Crippen LogP) is 8.34. The van der Waals surface area contributed by atoms with E-state index in [2.05, 4.69) is 96.3 Å². The van der Waals surface area contributed by atoms with Gasteiger partial charge in [0.1, 0.15) is 6.29 Å². The number of thioether (sulfide) groups is 1. The van der Waals surface area contributed by atoms with Crippen molar-refractivity contribution in [3.05, 3.63) is 89.5 Å². The van der Waals surface area contributed by atoms with Gasteiger partial charge in [-0.3, -0.25) is 4.79 Å². The molecule has 1 heterocycles. The van der Waals surface area contributed by atoms with Gasteiger partial charge in [-0.15, -0.1) is 11.8 Å². The lowest BCUT2D eigenvalue weighted by molar-refractivity contribution is 0.112. The van der Waals surface area contributed by atoms with Gasteiger partial charge >= 0.3 is 0 Å².